The van der Waals surface area contributed by atoms with E-state index in [1.807, 2.05) is 4.72 Å². The fourth-order valence-corrected chi connectivity index (χ4v) is 3.08. The van der Waals surface area contributed by atoms with Gasteiger partial charge in [-0.1, -0.05) is 12.1 Å². The average molecular weight is 345 g/mol. The smallest absolute Gasteiger partial charge is 0.307 e. The van der Waals surface area contributed by atoms with Gasteiger partial charge in [0, 0.05) is 17.8 Å². The summed E-state index contributed by atoms with van der Waals surface area (Å²) in [5, 5.41) is 8.69. The molecule has 0 aliphatic carbocycles. The second kappa shape index (κ2) is 6.29. The van der Waals surface area contributed by atoms with Crippen LogP contribution in [0.15, 0.2) is 41.3 Å². The minimum absolute atomic E-state index is 0.0770. The van der Waals surface area contributed by atoms with Gasteiger partial charge in [0.1, 0.15) is 17.5 Å². The Hall–Kier alpha value is -2.55. The third kappa shape index (κ3) is 4.01. The van der Waals surface area contributed by atoms with Crippen LogP contribution in [-0.4, -0.2) is 19.5 Å². The third-order valence-corrected chi connectivity index (χ3v) is 4.20. The molecule has 2 aromatic carbocycles. The minimum Gasteiger partial charge on any atom is -0.481 e. The molecular formula is C14H10F3NO4S. The lowest BCUT2D eigenvalue weighted by atomic mass is 10.1. The highest BCUT2D eigenvalue weighted by atomic mass is 32.2. The van der Waals surface area contributed by atoms with Gasteiger partial charge < -0.3 is 5.11 Å². The fraction of sp³-hybridized carbons (Fsp3) is 0.0714. The van der Waals surface area contributed by atoms with Gasteiger partial charge in [0.2, 0.25) is 0 Å². The summed E-state index contributed by atoms with van der Waals surface area (Å²) in [5.74, 6) is -5.52. The molecule has 0 spiro atoms. The largest absolute Gasteiger partial charge is 0.481 e. The predicted molar refractivity (Wildman–Crippen MR) is 74.9 cm³/mol. The van der Waals surface area contributed by atoms with Crippen molar-refractivity contribution in [3.8, 4) is 0 Å². The maximum absolute atomic E-state index is 13.6. The third-order valence-electron chi connectivity index (χ3n) is 2.77. The Bertz CT molecular complexity index is 845. The van der Waals surface area contributed by atoms with Gasteiger partial charge in [-0.3, -0.25) is 9.52 Å². The van der Waals surface area contributed by atoms with Crippen molar-refractivity contribution in [3.63, 3.8) is 0 Å². The Morgan fingerprint density at radius 3 is 2.26 bits per heavy atom. The first kappa shape index (κ1) is 16.8. The molecule has 0 amide bonds. The molecule has 0 aliphatic heterocycles. The summed E-state index contributed by atoms with van der Waals surface area (Å²) in [6, 6.07) is 5.82. The highest BCUT2D eigenvalue weighted by Crippen LogP contribution is 2.23. The van der Waals surface area contributed by atoms with Gasteiger partial charge in [-0.15, -0.1) is 0 Å². The number of sulfonamides is 1. The van der Waals surface area contributed by atoms with E-state index in [1.54, 1.807) is 0 Å². The van der Waals surface area contributed by atoms with Gasteiger partial charge in [0.15, 0.2) is 4.90 Å². The van der Waals surface area contributed by atoms with Crippen molar-refractivity contribution in [2.45, 2.75) is 11.3 Å². The Morgan fingerprint density at radius 1 is 1.09 bits per heavy atom. The van der Waals surface area contributed by atoms with E-state index in [0.717, 1.165) is 0 Å². The lowest BCUT2D eigenvalue weighted by Gasteiger charge is -2.10. The van der Waals surface area contributed by atoms with Crippen LogP contribution in [-0.2, 0) is 21.2 Å². The van der Waals surface area contributed by atoms with Gasteiger partial charge in [-0.05, 0) is 17.7 Å². The van der Waals surface area contributed by atoms with Crippen molar-refractivity contribution in [1.29, 1.82) is 0 Å². The van der Waals surface area contributed by atoms with E-state index in [-0.39, 0.29) is 29.8 Å². The van der Waals surface area contributed by atoms with Crippen molar-refractivity contribution in [3.05, 3.63) is 59.4 Å². The number of anilines is 1. The molecule has 2 rings (SSSR count). The molecule has 0 radical (unpaired) electrons. The maximum Gasteiger partial charge on any atom is 0.307 e. The quantitative estimate of drug-likeness (QED) is 0.872. The topological polar surface area (TPSA) is 83.5 Å². The van der Waals surface area contributed by atoms with Gasteiger partial charge in [0.05, 0.1) is 6.42 Å². The van der Waals surface area contributed by atoms with Crippen molar-refractivity contribution in [2.24, 2.45) is 0 Å². The van der Waals surface area contributed by atoms with Gasteiger partial charge in [-0.2, -0.15) is 0 Å². The summed E-state index contributed by atoms with van der Waals surface area (Å²) in [4.78, 5) is 9.32. The van der Waals surface area contributed by atoms with Gasteiger partial charge >= 0.3 is 5.97 Å². The van der Waals surface area contributed by atoms with Gasteiger partial charge in [0.25, 0.3) is 10.0 Å². The highest BCUT2D eigenvalue weighted by Gasteiger charge is 2.25. The van der Waals surface area contributed by atoms with Crippen molar-refractivity contribution >= 4 is 21.7 Å². The molecule has 9 heteroatoms. The summed E-state index contributed by atoms with van der Waals surface area (Å²) >= 11 is 0. The number of halogens is 3. The summed E-state index contributed by atoms with van der Waals surface area (Å²) < 4.78 is 66.1. The molecule has 2 N–H and O–H groups in total. The van der Waals surface area contributed by atoms with Crippen LogP contribution in [0, 0.1) is 17.5 Å². The Labute approximate surface area is 129 Å². The summed E-state index contributed by atoms with van der Waals surface area (Å²) in [6.45, 7) is 0. The number of hydrogen-bond donors (Lipinski definition) is 2. The standard InChI is InChI=1S/C14H10F3NO4S/c15-9-6-11(16)14(12(17)7-9)23(21,22)18-10-3-1-2-8(4-10)5-13(19)20/h1-4,6-7,18H,5H2,(H,19,20). The Morgan fingerprint density at radius 2 is 1.70 bits per heavy atom. The summed E-state index contributed by atoms with van der Waals surface area (Å²) in [5.41, 5.74) is 0.213. The number of carboxylic acids is 1. The normalized spacial score (nSPS) is 11.3. The Kier molecular flexibility index (Phi) is 4.60. The molecule has 0 heterocycles. The SMILES string of the molecule is O=C(O)Cc1cccc(NS(=O)(=O)c2c(F)cc(F)cc2F)c1. The molecule has 122 valence electrons. The monoisotopic (exact) mass is 345 g/mol. The van der Waals surface area contributed by atoms with E-state index in [2.05, 4.69) is 0 Å². The maximum atomic E-state index is 13.6. The van der Waals surface area contributed by atoms with Gasteiger partial charge in [-0.25, -0.2) is 21.6 Å². The van der Waals surface area contributed by atoms with Crippen molar-refractivity contribution < 1.29 is 31.5 Å². The zero-order chi connectivity index (χ0) is 17.2. The van der Waals surface area contributed by atoms with Crippen LogP contribution in [0.3, 0.4) is 0 Å². The highest BCUT2D eigenvalue weighted by molar-refractivity contribution is 7.92. The average Bonchev–Trinajstić information content (AvgIpc) is 2.35. The van der Waals surface area contributed by atoms with Crippen LogP contribution in [0.2, 0.25) is 0 Å². The number of carboxylic acid groups (broad SMARTS) is 1. The molecule has 23 heavy (non-hydrogen) atoms. The molecule has 0 unspecified atom stereocenters. The van der Waals surface area contributed by atoms with E-state index in [4.69, 9.17) is 5.11 Å². The second-order valence-electron chi connectivity index (χ2n) is 4.57. The van der Waals surface area contributed by atoms with E-state index in [1.165, 1.54) is 24.3 Å². The van der Waals surface area contributed by atoms with Crippen LogP contribution in [0.4, 0.5) is 18.9 Å². The molecule has 2 aromatic rings. The van der Waals surface area contributed by atoms with Crippen LogP contribution in [0.25, 0.3) is 0 Å². The molecule has 0 atom stereocenters. The molecule has 0 fully saturated rings. The summed E-state index contributed by atoms with van der Waals surface area (Å²) in [6.07, 6.45) is -0.352. The molecule has 0 saturated heterocycles. The van der Waals surface area contributed by atoms with Crippen LogP contribution < -0.4 is 4.72 Å². The fourth-order valence-electron chi connectivity index (χ4n) is 1.91. The first-order chi connectivity index (χ1) is 10.7. The number of aliphatic carboxylic acids is 1. The zero-order valence-corrected chi connectivity index (χ0v) is 12.2. The first-order valence-corrected chi connectivity index (χ1v) is 7.65. The second-order valence-corrected chi connectivity index (χ2v) is 6.19. The number of hydrogen-bond acceptors (Lipinski definition) is 3. The number of rotatable bonds is 5. The minimum atomic E-state index is -4.65. The number of carbonyl (C=O) groups is 1. The van der Waals surface area contributed by atoms with Crippen molar-refractivity contribution in [1.82, 2.24) is 0 Å². The number of benzene rings is 2. The molecule has 0 saturated carbocycles. The molecular weight excluding hydrogens is 335 g/mol. The Balaban J connectivity index is 2.38. The van der Waals surface area contributed by atoms with E-state index < -0.39 is 38.3 Å². The van der Waals surface area contributed by atoms with Crippen LogP contribution in [0.1, 0.15) is 5.56 Å². The zero-order valence-electron chi connectivity index (χ0n) is 11.4. The molecule has 0 aromatic heterocycles. The lowest BCUT2D eigenvalue weighted by molar-refractivity contribution is -0.136. The summed E-state index contributed by atoms with van der Waals surface area (Å²) in [7, 11) is -4.65. The predicted octanol–water partition coefficient (Wildman–Crippen LogP) is 2.53. The number of nitrogens with one attached hydrogen (secondary N) is 1. The van der Waals surface area contributed by atoms with E-state index in [0.29, 0.717) is 0 Å². The van der Waals surface area contributed by atoms with Crippen molar-refractivity contribution in [2.75, 3.05) is 4.72 Å². The molecule has 0 bridgehead atoms. The molecule has 5 nitrogen and oxygen atoms in total. The first-order valence-electron chi connectivity index (χ1n) is 6.17. The lowest BCUT2D eigenvalue weighted by Crippen LogP contribution is -2.17. The van der Waals surface area contributed by atoms with Crippen LogP contribution in [0.5, 0.6) is 0 Å². The van der Waals surface area contributed by atoms with E-state index in [9.17, 15) is 26.4 Å². The molecule has 0 aliphatic rings. The van der Waals surface area contributed by atoms with Crippen LogP contribution >= 0.6 is 0 Å². The van der Waals surface area contributed by atoms with E-state index >= 15 is 0 Å².